The third kappa shape index (κ3) is 4.20. The van der Waals surface area contributed by atoms with Gasteiger partial charge in [-0.1, -0.05) is 0 Å². The van der Waals surface area contributed by atoms with Crippen molar-refractivity contribution in [1.29, 1.82) is 0 Å². The number of likely N-dealkylation sites (tertiary alicyclic amines) is 1. The van der Waals surface area contributed by atoms with Crippen molar-refractivity contribution in [3.63, 3.8) is 0 Å². The number of aromatic nitrogens is 2. The van der Waals surface area contributed by atoms with E-state index in [-0.39, 0.29) is 12.1 Å². The molecule has 0 radical (unpaired) electrons. The Bertz CT molecular complexity index is 498. The van der Waals surface area contributed by atoms with Crippen LogP contribution < -0.4 is 5.32 Å². The lowest BCUT2D eigenvalue weighted by Gasteiger charge is -2.24. The van der Waals surface area contributed by atoms with Gasteiger partial charge in [0.25, 0.3) is 0 Å². The van der Waals surface area contributed by atoms with Crippen molar-refractivity contribution in [1.82, 2.24) is 24.9 Å². The summed E-state index contributed by atoms with van der Waals surface area (Å²) in [4.78, 5) is 9.06. The number of hydrogen-bond acceptors (Lipinski definition) is 4. The average molecular weight is 308 g/mol. The second-order valence-electron chi connectivity index (χ2n) is 6.01. The molecule has 0 spiro atoms. The number of nitrogens with one attached hydrogen (secondary N) is 1. The van der Waals surface area contributed by atoms with Gasteiger partial charge in [0.15, 0.2) is 5.96 Å². The second kappa shape index (κ2) is 7.60. The number of likely N-dealkylation sites (N-methyl/N-ethyl adjacent to an activating group) is 1. The van der Waals surface area contributed by atoms with Gasteiger partial charge < -0.3 is 20.2 Å². The minimum atomic E-state index is -0.244. The van der Waals surface area contributed by atoms with E-state index in [0.717, 1.165) is 31.0 Å². The number of nitrogens with zero attached hydrogens (tertiary/aromatic N) is 5. The molecule has 1 unspecified atom stereocenters. The molecule has 1 aromatic rings. The summed E-state index contributed by atoms with van der Waals surface area (Å²) in [5.74, 6) is 0.884. The van der Waals surface area contributed by atoms with Crippen LogP contribution in [-0.4, -0.2) is 77.0 Å². The predicted molar refractivity (Wildman–Crippen MR) is 87.8 cm³/mol. The van der Waals surface area contributed by atoms with Gasteiger partial charge in [0, 0.05) is 38.4 Å². The Hall–Kier alpha value is -1.60. The van der Waals surface area contributed by atoms with Crippen molar-refractivity contribution in [3.05, 3.63) is 18.0 Å². The normalized spacial score (nSPS) is 20.7. The van der Waals surface area contributed by atoms with Crippen LogP contribution in [0.3, 0.4) is 0 Å². The van der Waals surface area contributed by atoms with E-state index in [1.54, 1.807) is 0 Å². The van der Waals surface area contributed by atoms with Crippen LogP contribution >= 0.6 is 0 Å². The highest BCUT2D eigenvalue weighted by molar-refractivity contribution is 5.80. The molecule has 124 valence electrons. The molecule has 1 aliphatic rings. The lowest BCUT2D eigenvalue weighted by Crippen LogP contribution is -2.41. The van der Waals surface area contributed by atoms with E-state index in [2.05, 4.69) is 41.2 Å². The van der Waals surface area contributed by atoms with Crippen molar-refractivity contribution in [2.24, 2.45) is 12.0 Å². The Labute approximate surface area is 132 Å². The first-order valence-corrected chi connectivity index (χ1v) is 7.87. The number of rotatable bonds is 5. The fraction of sp³-hybridized carbons (Fsp3) is 0.733. The SMILES string of the molecule is CCNC(=NCC(c1cnn(C)c1)N(C)C)N1CC[C@@H](O)C1. The topological polar surface area (TPSA) is 68.9 Å². The van der Waals surface area contributed by atoms with Gasteiger partial charge >= 0.3 is 0 Å². The molecule has 2 atom stereocenters. The highest BCUT2D eigenvalue weighted by Crippen LogP contribution is 2.18. The molecule has 0 aliphatic carbocycles. The van der Waals surface area contributed by atoms with Crippen LogP contribution in [0.4, 0.5) is 0 Å². The second-order valence-corrected chi connectivity index (χ2v) is 6.01. The predicted octanol–water partition coefficient (Wildman–Crippen LogP) is 0.0549. The van der Waals surface area contributed by atoms with Gasteiger partial charge in [-0.15, -0.1) is 0 Å². The standard InChI is InChI=1S/C15H28N6O/c1-5-16-15(21-7-6-13(22)11-21)17-9-14(19(2)3)12-8-18-20(4)10-12/h8,10,13-14,22H,5-7,9,11H2,1-4H3,(H,16,17)/t13-,14?/m1/s1. The van der Waals surface area contributed by atoms with Crippen LogP contribution in [0, 0.1) is 0 Å². The maximum Gasteiger partial charge on any atom is 0.194 e. The van der Waals surface area contributed by atoms with Gasteiger partial charge in [0.05, 0.1) is 24.9 Å². The van der Waals surface area contributed by atoms with Crippen molar-refractivity contribution < 1.29 is 5.11 Å². The Morgan fingerprint density at radius 2 is 2.36 bits per heavy atom. The molecule has 0 saturated carbocycles. The first kappa shape index (κ1) is 16.8. The van der Waals surface area contributed by atoms with Gasteiger partial charge in [-0.2, -0.15) is 5.10 Å². The molecule has 1 aliphatic heterocycles. The zero-order valence-electron chi connectivity index (χ0n) is 14.0. The van der Waals surface area contributed by atoms with Crippen molar-refractivity contribution in [2.45, 2.75) is 25.5 Å². The Morgan fingerprint density at radius 3 is 2.86 bits per heavy atom. The summed E-state index contributed by atoms with van der Waals surface area (Å²) in [6.45, 7) is 5.06. The number of hydrogen-bond donors (Lipinski definition) is 2. The number of aliphatic hydroxyl groups is 1. The highest BCUT2D eigenvalue weighted by atomic mass is 16.3. The lowest BCUT2D eigenvalue weighted by atomic mass is 10.1. The van der Waals surface area contributed by atoms with Crippen LogP contribution in [0.2, 0.25) is 0 Å². The van der Waals surface area contributed by atoms with E-state index in [1.807, 2.05) is 24.1 Å². The number of guanidine groups is 1. The fourth-order valence-corrected chi connectivity index (χ4v) is 2.71. The molecule has 1 fully saturated rings. The van der Waals surface area contributed by atoms with E-state index < -0.39 is 0 Å². The van der Waals surface area contributed by atoms with Crippen LogP contribution in [-0.2, 0) is 7.05 Å². The summed E-state index contributed by atoms with van der Waals surface area (Å²) >= 11 is 0. The number of aliphatic imine (C=N–C) groups is 1. The van der Waals surface area contributed by atoms with Gasteiger partial charge in [0.1, 0.15) is 0 Å². The van der Waals surface area contributed by atoms with Crippen molar-refractivity contribution >= 4 is 5.96 Å². The first-order chi connectivity index (χ1) is 10.5. The largest absolute Gasteiger partial charge is 0.391 e. The van der Waals surface area contributed by atoms with Gasteiger partial charge in [0.2, 0.25) is 0 Å². The summed E-state index contributed by atoms with van der Waals surface area (Å²) in [5, 5.41) is 17.3. The third-order valence-corrected chi connectivity index (χ3v) is 3.94. The fourth-order valence-electron chi connectivity index (χ4n) is 2.71. The molecule has 2 rings (SSSR count). The van der Waals surface area contributed by atoms with Crippen LogP contribution in [0.15, 0.2) is 17.4 Å². The molecule has 0 amide bonds. The summed E-state index contributed by atoms with van der Waals surface area (Å²) in [5.41, 5.74) is 1.16. The summed E-state index contributed by atoms with van der Waals surface area (Å²) in [7, 11) is 6.04. The highest BCUT2D eigenvalue weighted by Gasteiger charge is 2.23. The minimum Gasteiger partial charge on any atom is -0.391 e. The molecule has 1 saturated heterocycles. The number of aryl methyl sites for hydroxylation is 1. The summed E-state index contributed by atoms with van der Waals surface area (Å²) in [6.07, 6.45) is 4.50. The summed E-state index contributed by atoms with van der Waals surface area (Å²) in [6, 6.07) is 0.190. The van der Waals surface area contributed by atoms with Crippen molar-refractivity contribution in [2.75, 3.05) is 40.3 Å². The zero-order valence-corrected chi connectivity index (χ0v) is 14.0. The Kier molecular flexibility index (Phi) is 5.79. The van der Waals surface area contributed by atoms with Gasteiger partial charge in [-0.05, 0) is 27.4 Å². The van der Waals surface area contributed by atoms with Crippen LogP contribution in [0.1, 0.15) is 24.9 Å². The molecule has 7 heteroatoms. The monoisotopic (exact) mass is 308 g/mol. The van der Waals surface area contributed by atoms with Crippen LogP contribution in [0.25, 0.3) is 0 Å². The minimum absolute atomic E-state index is 0.190. The molecule has 2 heterocycles. The molecule has 0 aromatic carbocycles. The quantitative estimate of drug-likeness (QED) is 0.594. The van der Waals surface area contributed by atoms with Gasteiger partial charge in [-0.25, -0.2) is 0 Å². The Morgan fingerprint density at radius 1 is 1.59 bits per heavy atom. The molecule has 1 aromatic heterocycles. The van der Waals surface area contributed by atoms with Gasteiger partial charge in [-0.3, -0.25) is 9.67 Å². The van der Waals surface area contributed by atoms with E-state index >= 15 is 0 Å². The first-order valence-electron chi connectivity index (χ1n) is 7.87. The molecule has 22 heavy (non-hydrogen) atoms. The smallest absolute Gasteiger partial charge is 0.194 e. The lowest BCUT2D eigenvalue weighted by molar-refractivity contribution is 0.187. The summed E-state index contributed by atoms with van der Waals surface area (Å²) < 4.78 is 1.82. The van der Waals surface area contributed by atoms with Crippen molar-refractivity contribution in [3.8, 4) is 0 Å². The van der Waals surface area contributed by atoms with E-state index in [4.69, 9.17) is 4.99 Å². The number of aliphatic hydroxyl groups excluding tert-OH is 1. The maximum atomic E-state index is 9.72. The number of β-amino-alcohol motifs (C(OH)–C–C–N with tert-alkyl or cyclic N) is 1. The molecular formula is C15H28N6O. The zero-order chi connectivity index (χ0) is 16.1. The molecule has 2 N–H and O–H groups in total. The van der Waals surface area contributed by atoms with E-state index in [1.165, 1.54) is 0 Å². The van der Waals surface area contributed by atoms with E-state index in [0.29, 0.717) is 13.1 Å². The van der Waals surface area contributed by atoms with Crippen LogP contribution in [0.5, 0.6) is 0 Å². The molecule has 7 nitrogen and oxygen atoms in total. The van der Waals surface area contributed by atoms with E-state index in [9.17, 15) is 5.11 Å². The molecule has 0 bridgehead atoms. The molecular weight excluding hydrogens is 280 g/mol. The Balaban J connectivity index is 2.09. The third-order valence-electron chi connectivity index (χ3n) is 3.94. The maximum absolute atomic E-state index is 9.72. The average Bonchev–Trinajstić information content (AvgIpc) is 3.06.